The molecule has 18 heavy (non-hydrogen) atoms. The molecule has 0 aliphatic carbocycles. The molecule has 1 rings (SSSR count). The zero-order valence-electron chi connectivity index (χ0n) is 11.8. The average Bonchev–Trinajstić information content (AvgIpc) is 2.82. The smallest absolute Gasteiger partial charge is 0.323 e. The Labute approximate surface area is 110 Å². The lowest BCUT2D eigenvalue weighted by atomic mass is 10.2. The van der Waals surface area contributed by atoms with Crippen molar-refractivity contribution in [3.8, 4) is 0 Å². The molecule has 2 unspecified atom stereocenters. The molecule has 1 heterocycles. The Hall–Kier alpha value is -0.650. The highest BCUT2D eigenvalue weighted by atomic mass is 16.5. The van der Waals surface area contributed by atoms with Gasteiger partial charge in [0.15, 0.2) is 0 Å². The zero-order valence-corrected chi connectivity index (χ0v) is 11.8. The number of ether oxygens (including phenoxy) is 2. The van der Waals surface area contributed by atoms with Crippen LogP contribution in [0.25, 0.3) is 0 Å². The van der Waals surface area contributed by atoms with Crippen molar-refractivity contribution in [3.63, 3.8) is 0 Å². The van der Waals surface area contributed by atoms with E-state index in [-0.39, 0.29) is 12.0 Å². The van der Waals surface area contributed by atoms with Gasteiger partial charge < -0.3 is 19.7 Å². The molecule has 0 amide bonds. The summed E-state index contributed by atoms with van der Waals surface area (Å²) < 4.78 is 10.4. The van der Waals surface area contributed by atoms with E-state index in [9.17, 15) is 4.79 Å². The number of rotatable bonds is 8. The van der Waals surface area contributed by atoms with Gasteiger partial charge >= 0.3 is 5.97 Å². The fourth-order valence-electron chi connectivity index (χ4n) is 2.30. The number of likely N-dealkylation sites (N-methyl/N-ethyl adjacent to an activating group) is 1. The van der Waals surface area contributed by atoms with E-state index in [0.717, 1.165) is 39.0 Å². The van der Waals surface area contributed by atoms with Crippen LogP contribution in [0.5, 0.6) is 0 Å². The van der Waals surface area contributed by atoms with Gasteiger partial charge in [0.1, 0.15) is 6.04 Å². The largest absolute Gasteiger partial charge is 0.465 e. The van der Waals surface area contributed by atoms with Gasteiger partial charge in [0, 0.05) is 26.7 Å². The first-order chi connectivity index (χ1) is 8.71. The third-order valence-corrected chi connectivity index (χ3v) is 3.32. The van der Waals surface area contributed by atoms with Crippen LogP contribution in [0.4, 0.5) is 0 Å². The van der Waals surface area contributed by atoms with Crippen LogP contribution < -0.4 is 5.32 Å². The number of likely N-dealkylation sites (tertiary alicyclic amines) is 1. The number of nitrogens with one attached hydrogen (secondary N) is 1. The zero-order chi connectivity index (χ0) is 13.4. The highest BCUT2D eigenvalue weighted by molar-refractivity contribution is 5.75. The van der Waals surface area contributed by atoms with Crippen LogP contribution in [0.3, 0.4) is 0 Å². The molecule has 1 aliphatic rings. The molecule has 5 heteroatoms. The monoisotopic (exact) mass is 258 g/mol. The number of nitrogens with zero attached hydrogens (tertiary/aromatic N) is 1. The molecular formula is C13H26N2O3. The van der Waals surface area contributed by atoms with E-state index in [2.05, 4.69) is 10.2 Å². The number of methoxy groups -OCH3 is 1. The topological polar surface area (TPSA) is 50.8 Å². The first kappa shape index (κ1) is 15.4. The second-order valence-electron chi connectivity index (χ2n) is 4.60. The summed E-state index contributed by atoms with van der Waals surface area (Å²) in [6.45, 7) is 8.00. The SMILES string of the molecule is CCNC(CCN1CCC(OC)C1)C(=O)OCC. The molecule has 1 aliphatic heterocycles. The highest BCUT2D eigenvalue weighted by Crippen LogP contribution is 2.12. The van der Waals surface area contributed by atoms with Crippen LogP contribution in [0.15, 0.2) is 0 Å². The Morgan fingerprint density at radius 2 is 2.28 bits per heavy atom. The fourth-order valence-corrected chi connectivity index (χ4v) is 2.30. The van der Waals surface area contributed by atoms with Crippen LogP contribution in [0.1, 0.15) is 26.7 Å². The minimum atomic E-state index is -0.184. The Bertz CT molecular complexity index is 248. The molecule has 0 radical (unpaired) electrons. The van der Waals surface area contributed by atoms with Crippen LogP contribution in [0.2, 0.25) is 0 Å². The summed E-state index contributed by atoms with van der Waals surface area (Å²) in [6, 6.07) is -0.184. The number of hydrogen-bond donors (Lipinski definition) is 1. The number of esters is 1. The Balaban J connectivity index is 2.31. The van der Waals surface area contributed by atoms with Gasteiger partial charge in [-0.1, -0.05) is 6.92 Å². The standard InChI is InChI=1S/C13H26N2O3/c1-4-14-12(13(16)18-5-2)7-9-15-8-6-11(10-15)17-3/h11-12,14H,4-10H2,1-3H3. The second-order valence-corrected chi connectivity index (χ2v) is 4.60. The minimum absolute atomic E-state index is 0.137. The maximum absolute atomic E-state index is 11.7. The maximum atomic E-state index is 11.7. The molecule has 1 N–H and O–H groups in total. The van der Waals surface area contributed by atoms with Crippen molar-refractivity contribution in [2.75, 3.05) is 39.9 Å². The van der Waals surface area contributed by atoms with Gasteiger partial charge in [0.2, 0.25) is 0 Å². The van der Waals surface area contributed by atoms with Gasteiger partial charge in [-0.3, -0.25) is 4.79 Å². The molecule has 0 aromatic rings. The van der Waals surface area contributed by atoms with Crippen molar-refractivity contribution < 1.29 is 14.3 Å². The van der Waals surface area contributed by atoms with Crippen LogP contribution >= 0.6 is 0 Å². The van der Waals surface area contributed by atoms with Gasteiger partial charge in [-0.25, -0.2) is 0 Å². The van der Waals surface area contributed by atoms with E-state index in [1.807, 2.05) is 13.8 Å². The lowest BCUT2D eigenvalue weighted by Gasteiger charge is -2.20. The van der Waals surface area contributed by atoms with E-state index in [0.29, 0.717) is 12.7 Å². The molecule has 0 saturated carbocycles. The van der Waals surface area contributed by atoms with Crippen molar-refractivity contribution >= 4 is 5.97 Å². The number of carbonyl (C=O) groups excluding carboxylic acids is 1. The van der Waals surface area contributed by atoms with Gasteiger partial charge in [0.05, 0.1) is 12.7 Å². The molecule has 5 nitrogen and oxygen atoms in total. The predicted octanol–water partition coefficient (Wildman–Crippen LogP) is 0.638. The normalized spacial score (nSPS) is 22.1. The number of carbonyl (C=O) groups is 1. The summed E-state index contributed by atoms with van der Waals surface area (Å²) >= 11 is 0. The molecule has 1 fully saturated rings. The van der Waals surface area contributed by atoms with E-state index >= 15 is 0 Å². The van der Waals surface area contributed by atoms with Crippen LogP contribution in [-0.2, 0) is 14.3 Å². The molecule has 2 atom stereocenters. The third kappa shape index (κ3) is 4.92. The van der Waals surface area contributed by atoms with Gasteiger partial charge in [0.25, 0.3) is 0 Å². The fraction of sp³-hybridized carbons (Fsp3) is 0.923. The first-order valence-corrected chi connectivity index (χ1v) is 6.86. The van der Waals surface area contributed by atoms with Crippen molar-refractivity contribution in [1.29, 1.82) is 0 Å². The van der Waals surface area contributed by atoms with E-state index in [1.54, 1.807) is 7.11 Å². The molecule has 0 aromatic carbocycles. The van der Waals surface area contributed by atoms with Gasteiger partial charge in [-0.15, -0.1) is 0 Å². The molecule has 0 bridgehead atoms. The van der Waals surface area contributed by atoms with Crippen LogP contribution in [0, 0.1) is 0 Å². The maximum Gasteiger partial charge on any atom is 0.323 e. The van der Waals surface area contributed by atoms with E-state index in [1.165, 1.54) is 0 Å². The van der Waals surface area contributed by atoms with Crippen molar-refractivity contribution in [2.45, 2.75) is 38.8 Å². The summed E-state index contributed by atoms with van der Waals surface area (Å²) in [5, 5.41) is 3.18. The predicted molar refractivity (Wildman–Crippen MR) is 70.6 cm³/mol. The minimum Gasteiger partial charge on any atom is -0.465 e. The number of hydrogen-bond acceptors (Lipinski definition) is 5. The molecule has 0 aromatic heterocycles. The average molecular weight is 258 g/mol. The Morgan fingerprint density at radius 1 is 1.50 bits per heavy atom. The molecular weight excluding hydrogens is 232 g/mol. The molecule has 0 spiro atoms. The Kier molecular flexibility index (Phi) is 7.23. The van der Waals surface area contributed by atoms with Gasteiger partial charge in [-0.05, 0) is 26.3 Å². The summed E-state index contributed by atoms with van der Waals surface area (Å²) in [7, 11) is 1.76. The summed E-state index contributed by atoms with van der Waals surface area (Å²) in [5.41, 5.74) is 0. The van der Waals surface area contributed by atoms with E-state index in [4.69, 9.17) is 9.47 Å². The Morgan fingerprint density at radius 3 is 2.83 bits per heavy atom. The van der Waals surface area contributed by atoms with Crippen molar-refractivity contribution in [2.24, 2.45) is 0 Å². The third-order valence-electron chi connectivity index (χ3n) is 3.32. The summed E-state index contributed by atoms with van der Waals surface area (Å²) in [6.07, 6.45) is 2.23. The molecule has 1 saturated heterocycles. The lowest BCUT2D eigenvalue weighted by molar-refractivity contribution is -0.145. The van der Waals surface area contributed by atoms with E-state index < -0.39 is 0 Å². The quantitative estimate of drug-likeness (QED) is 0.647. The second kappa shape index (κ2) is 8.45. The first-order valence-electron chi connectivity index (χ1n) is 6.86. The lowest BCUT2D eigenvalue weighted by Crippen LogP contribution is -2.40. The van der Waals surface area contributed by atoms with Gasteiger partial charge in [-0.2, -0.15) is 0 Å². The van der Waals surface area contributed by atoms with Crippen molar-refractivity contribution in [1.82, 2.24) is 10.2 Å². The van der Waals surface area contributed by atoms with Crippen molar-refractivity contribution in [3.05, 3.63) is 0 Å². The van der Waals surface area contributed by atoms with Crippen LogP contribution in [-0.4, -0.2) is 62.9 Å². The molecule has 106 valence electrons. The highest BCUT2D eigenvalue weighted by Gasteiger charge is 2.24. The summed E-state index contributed by atoms with van der Waals surface area (Å²) in [4.78, 5) is 14.1. The summed E-state index contributed by atoms with van der Waals surface area (Å²) in [5.74, 6) is -0.137.